The van der Waals surface area contributed by atoms with E-state index < -0.39 is 18.0 Å². The summed E-state index contributed by atoms with van der Waals surface area (Å²) >= 11 is 0. The molecule has 2 aliphatic rings. The summed E-state index contributed by atoms with van der Waals surface area (Å²) in [6.07, 6.45) is -0.556. The molecule has 0 saturated carbocycles. The molecule has 0 amide bonds. The fourth-order valence-electron chi connectivity index (χ4n) is 2.81. The lowest BCUT2D eigenvalue weighted by molar-refractivity contribution is -0.225. The third-order valence-electron chi connectivity index (χ3n) is 3.65. The molecule has 2 aliphatic heterocycles. The predicted octanol–water partition coefficient (Wildman–Crippen LogP) is 2.50. The Kier molecular flexibility index (Phi) is 3.73. The molecule has 1 aromatic rings. The largest absolute Gasteiger partial charge is 0.429 e. The number of ether oxygens (including phenoxy) is 4. The summed E-state index contributed by atoms with van der Waals surface area (Å²) in [6.45, 7) is 5.65. The third-order valence-corrected chi connectivity index (χ3v) is 3.65. The fraction of sp³-hybridized carbons (Fsp3) is 0.562. The molecule has 1 aromatic carbocycles. The number of benzene rings is 1. The van der Waals surface area contributed by atoms with E-state index in [1.54, 1.807) is 24.3 Å². The van der Waals surface area contributed by atoms with E-state index in [-0.39, 0.29) is 18.3 Å². The van der Waals surface area contributed by atoms with E-state index in [0.29, 0.717) is 5.56 Å². The number of hydrogen-bond acceptors (Lipinski definition) is 5. The number of hydrogen-bond donors (Lipinski definition) is 0. The van der Waals surface area contributed by atoms with Crippen LogP contribution in [-0.4, -0.2) is 36.4 Å². The number of carbonyl (C=O) groups excluding carboxylic acids is 1. The highest BCUT2D eigenvalue weighted by molar-refractivity contribution is 5.89. The van der Waals surface area contributed by atoms with E-state index in [1.807, 2.05) is 26.8 Å². The first-order chi connectivity index (χ1) is 9.94. The Morgan fingerprint density at radius 3 is 2.67 bits per heavy atom. The highest BCUT2D eigenvalue weighted by Gasteiger charge is 2.51. The Bertz CT molecular complexity index is 513. The van der Waals surface area contributed by atoms with Gasteiger partial charge in [-0.15, -0.1) is 0 Å². The lowest BCUT2D eigenvalue weighted by atomic mass is 10.0. The van der Waals surface area contributed by atoms with Gasteiger partial charge in [0.2, 0.25) is 6.29 Å². The van der Waals surface area contributed by atoms with Gasteiger partial charge in [-0.1, -0.05) is 18.2 Å². The zero-order valence-corrected chi connectivity index (χ0v) is 12.4. The molecule has 4 atom stereocenters. The molecule has 0 unspecified atom stereocenters. The SMILES string of the molecule is C[C@@H]1C[C@@H]2OC(C)(C)O[C@H]2[C@H](OC(=O)c2ccccc2)O1. The lowest BCUT2D eigenvalue weighted by Gasteiger charge is -2.34. The summed E-state index contributed by atoms with van der Waals surface area (Å²) in [6, 6.07) is 8.86. The third kappa shape index (κ3) is 3.10. The quantitative estimate of drug-likeness (QED) is 0.784. The van der Waals surface area contributed by atoms with Crippen molar-refractivity contribution in [2.45, 2.75) is 57.6 Å². The minimum absolute atomic E-state index is 0.0441. The number of carbonyl (C=O) groups is 1. The highest BCUT2D eigenvalue weighted by Crippen LogP contribution is 2.37. The zero-order valence-electron chi connectivity index (χ0n) is 12.4. The summed E-state index contributed by atoms with van der Waals surface area (Å²) in [5.41, 5.74) is 0.494. The van der Waals surface area contributed by atoms with Crippen molar-refractivity contribution in [1.82, 2.24) is 0 Å². The number of rotatable bonds is 2. The van der Waals surface area contributed by atoms with E-state index >= 15 is 0 Å². The highest BCUT2D eigenvalue weighted by atomic mass is 16.8. The second kappa shape index (κ2) is 5.40. The van der Waals surface area contributed by atoms with E-state index in [2.05, 4.69) is 0 Å². The Morgan fingerprint density at radius 2 is 1.95 bits per heavy atom. The molecule has 0 radical (unpaired) electrons. The van der Waals surface area contributed by atoms with Gasteiger partial charge in [-0.2, -0.15) is 0 Å². The van der Waals surface area contributed by atoms with E-state index in [0.717, 1.165) is 6.42 Å². The van der Waals surface area contributed by atoms with Crippen LogP contribution in [0, 0.1) is 0 Å². The van der Waals surface area contributed by atoms with Crippen molar-refractivity contribution in [3.05, 3.63) is 35.9 Å². The average molecular weight is 292 g/mol. The van der Waals surface area contributed by atoms with Gasteiger partial charge >= 0.3 is 5.97 Å². The van der Waals surface area contributed by atoms with Crippen molar-refractivity contribution < 1.29 is 23.7 Å². The van der Waals surface area contributed by atoms with Gasteiger partial charge in [0.25, 0.3) is 0 Å². The molecular formula is C16H20O5. The van der Waals surface area contributed by atoms with Crippen LogP contribution in [0.15, 0.2) is 30.3 Å². The molecule has 0 aliphatic carbocycles. The first-order valence-corrected chi connectivity index (χ1v) is 7.22. The van der Waals surface area contributed by atoms with Crippen LogP contribution in [0.4, 0.5) is 0 Å². The zero-order chi connectivity index (χ0) is 15.0. The second-order valence-corrected chi connectivity index (χ2v) is 5.96. The molecule has 5 heteroatoms. The van der Waals surface area contributed by atoms with Gasteiger partial charge in [0.05, 0.1) is 17.8 Å². The van der Waals surface area contributed by atoms with Crippen LogP contribution >= 0.6 is 0 Å². The van der Waals surface area contributed by atoms with E-state index in [4.69, 9.17) is 18.9 Å². The molecule has 3 rings (SSSR count). The number of fused-ring (bicyclic) bond motifs is 1. The van der Waals surface area contributed by atoms with Crippen molar-refractivity contribution in [1.29, 1.82) is 0 Å². The molecule has 0 bridgehead atoms. The van der Waals surface area contributed by atoms with Crippen molar-refractivity contribution in [3.8, 4) is 0 Å². The minimum Gasteiger partial charge on any atom is -0.429 e. The molecule has 21 heavy (non-hydrogen) atoms. The van der Waals surface area contributed by atoms with Crippen LogP contribution in [-0.2, 0) is 18.9 Å². The Hall–Kier alpha value is -1.43. The fourth-order valence-corrected chi connectivity index (χ4v) is 2.81. The van der Waals surface area contributed by atoms with Gasteiger partial charge in [0, 0.05) is 6.42 Å². The molecular weight excluding hydrogens is 272 g/mol. The molecule has 0 spiro atoms. The topological polar surface area (TPSA) is 54.0 Å². The van der Waals surface area contributed by atoms with Crippen molar-refractivity contribution >= 4 is 5.97 Å². The maximum absolute atomic E-state index is 12.2. The lowest BCUT2D eigenvalue weighted by Crippen LogP contribution is -2.48. The monoisotopic (exact) mass is 292 g/mol. The normalized spacial score (nSPS) is 34.2. The Morgan fingerprint density at radius 1 is 1.24 bits per heavy atom. The maximum atomic E-state index is 12.2. The second-order valence-electron chi connectivity index (χ2n) is 5.96. The molecule has 5 nitrogen and oxygen atoms in total. The molecule has 0 aromatic heterocycles. The van der Waals surface area contributed by atoms with Crippen molar-refractivity contribution in [3.63, 3.8) is 0 Å². The van der Waals surface area contributed by atoms with Crippen LogP contribution in [0.25, 0.3) is 0 Å². The van der Waals surface area contributed by atoms with Gasteiger partial charge in [0.15, 0.2) is 5.79 Å². The van der Waals surface area contributed by atoms with Crippen molar-refractivity contribution in [2.75, 3.05) is 0 Å². The molecule has 2 saturated heterocycles. The summed E-state index contributed by atoms with van der Waals surface area (Å²) in [5, 5.41) is 0. The Labute approximate surface area is 124 Å². The van der Waals surface area contributed by atoms with E-state index in [9.17, 15) is 4.79 Å². The van der Waals surface area contributed by atoms with E-state index in [1.165, 1.54) is 0 Å². The molecule has 0 N–H and O–H groups in total. The smallest absolute Gasteiger partial charge is 0.340 e. The van der Waals surface area contributed by atoms with Crippen molar-refractivity contribution in [2.24, 2.45) is 0 Å². The molecule has 114 valence electrons. The van der Waals surface area contributed by atoms with Gasteiger partial charge in [-0.25, -0.2) is 4.79 Å². The molecule has 2 fully saturated rings. The van der Waals surface area contributed by atoms with Crippen LogP contribution in [0.5, 0.6) is 0 Å². The average Bonchev–Trinajstić information content (AvgIpc) is 2.74. The van der Waals surface area contributed by atoms with Crippen LogP contribution in [0.1, 0.15) is 37.6 Å². The van der Waals surface area contributed by atoms with Gasteiger partial charge < -0.3 is 18.9 Å². The van der Waals surface area contributed by atoms with Crippen LogP contribution < -0.4 is 0 Å². The van der Waals surface area contributed by atoms with Gasteiger partial charge in [-0.05, 0) is 32.9 Å². The summed E-state index contributed by atoms with van der Waals surface area (Å²) in [4.78, 5) is 12.2. The number of esters is 1. The first kappa shape index (κ1) is 14.5. The predicted molar refractivity (Wildman–Crippen MR) is 74.6 cm³/mol. The maximum Gasteiger partial charge on any atom is 0.340 e. The van der Waals surface area contributed by atoms with Gasteiger partial charge in [0.1, 0.15) is 6.10 Å². The summed E-state index contributed by atoms with van der Waals surface area (Å²) < 4.78 is 22.9. The summed E-state index contributed by atoms with van der Waals surface area (Å²) in [7, 11) is 0. The Balaban J connectivity index is 1.73. The van der Waals surface area contributed by atoms with Crippen LogP contribution in [0.2, 0.25) is 0 Å². The van der Waals surface area contributed by atoms with Crippen LogP contribution in [0.3, 0.4) is 0 Å². The first-order valence-electron chi connectivity index (χ1n) is 7.22. The van der Waals surface area contributed by atoms with Gasteiger partial charge in [-0.3, -0.25) is 0 Å². The minimum atomic E-state index is -0.742. The summed E-state index contributed by atoms with van der Waals surface area (Å²) in [5.74, 6) is -1.10. The molecule has 2 heterocycles. The standard InChI is InChI=1S/C16H20O5/c1-10-9-12-13(21-16(2,3)20-12)15(18-10)19-14(17)11-7-5-4-6-8-11/h4-8,10,12-13,15H,9H2,1-3H3/t10-,12+,13-,15+/m1/s1.